The molecular formula is C12H17N5. The van der Waals surface area contributed by atoms with Crippen molar-refractivity contribution >= 4 is 0 Å². The molecule has 5 nitrogen and oxygen atoms in total. The zero-order valence-corrected chi connectivity index (χ0v) is 10.2. The molecule has 2 aromatic heterocycles. The van der Waals surface area contributed by atoms with Crippen molar-refractivity contribution in [1.82, 2.24) is 19.7 Å². The molecule has 0 aliphatic rings. The quantitative estimate of drug-likeness (QED) is 0.859. The predicted octanol–water partition coefficient (Wildman–Crippen LogP) is 1.25. The number of hydrogen-bond acceptors (Lipinski definition) is 4. The van der Waals surface area contributed by atoms with Crippen LogP contribution >= 0.6 is 0 Å². The lowest BCUT2D eigenvalue weighted by Crippen LogP contribution is -2.10. The van der Waals surface area contributed by atoms with Crippen molar-refractivity contribution in [2.75, 3.05) is 0 Å². The zero-order chi connectivity index (χ0) is 12.3. The lowest BCUT2D eigenvalue weighted by molar-refractivity contribution is 0.756. The first kappa shape index (κ1) is 11.7. The van der Waals surface area contributed by atoms with Crippen LogP contribution in [0, 0.1) is 0 Å². The highest BCUT2D eigenvalue weighted by molar-refractivity contribution is 5.33. The number of nitrogens with two attached hydrogens (primary N) is 1. The molecule has 0 amide bonds. The molecule has 90 valence electrons. The van der Waals surface area contributed by atoms with Gasteiger partial charge in [0.25, 0.3) is 0 Å². The van der Waals surface area contributed by atoms with E-state index in [4.69, 9.17) is 5.73 Å². The maximum atomic E-state index is 5.72. The van der Waals surface area contributed by atoms with E-state index in [0.29, 0.717) is 6.54 Å². The third-order valence-corrected chi connectivity index (χ3v) is 2.64. The highest BCUT2D eigenvalue weighted by atomic mass is 15.4. The summed E-state index contributed by atoms with van der Waals surface area (Å²) in [6.45, 7) is 4.56. The van der Waals surface area contributed by atoms with Crippen LogP contribution < -0.4 is 5.73 Å². The Hall–Kier alpha value is -1.75. The maximum absolute atomic E-state index is 5.72. The average Bonchev–Trinajstić information content (AvgIpc) is 2.81. The largest absolute Gasteiger partial charge is 0.326 e. The summed E-state index contributed by atoms with van der Waals surface area (Å²) in [5.41, 5.74) is 6.70. The van der Waals surface area contributed by atoms with E-state index in [9.17, 15) is 0 Å². The summed E-state index contributed by atoms with van der Waals surface area (Å²) in [6, 6.07) is 3.85. The van der Waals surface area contributed by atoms with Crippen LogP contribution in [0.25, 0.3) is 5.82 Å². The van der Waals surface area contributed by atoms with Gasteiger partial charge in [0, 0.05) is 31.1 Å². The molecular weight excluding hydrogens is 214 g/mol. The second-order valence-electron chi connectivity index (χ2n) is 3.75. The van der Waals surface area contributed by atoms with E-state index in [1.807, 2.05) is 19.1 Å². The van der Waals surface area contributed by atoms with Crippen molar-refractivity contribution in [2.24, 2.45) is 5.73 Å². The first-order valence-corrected chi connectivity index (χ1v) is 5.89. The summed E-state index contributed by atoms with van der Waals surface area (Å²) in [5.74, 6) is 2.56. The van der Waals surface area contributed by atoms with E-state index in [2.05, 4.69) is 22.0 Å². The van der Waals surface area contributed by atoms with E-state index in [1.54, 1.807) is 10.9 Å². The molecule has 0 aromatic carbocycles. The average molecular weight is 231 g/mol. The number of aromatic nitrogens is 4. The molecule has 0 saturated heterocycles. The van der Waals surface area contributed by atoms with Crippen LogP contribution in [0.15, 0.2) is 18.3 Å². The highest BCUT2D eigenvalue weighted by Gasteiger charge is 2.12. The summed E-state index contributed by atoms with van der Waals surface area (Å²) in [4.78, 5) is 8.83. The summed E-state index contributed by atoms with van der Waals surface area (Å²) >= 11 is 0. The Morgan fingerprint density at radius 2 is 2.12 bits per heavy atom. The number of aryl methyl sites for hydroxylation is 2. The standard InChI is InChI=1S/C12H17N5/c1-3-10-15-11(4-2)17(16-10)12-9(8-13)6-5-7-14-12/h5-7H,3-4,8,13H2,1-2H3. The molecule has 0 aliphatic heterocycles. The van der Waals surface area contributed by atoms with Crippen LogP contribution in [0.3, 0.4) is 0 Å². The summed E-state index contributed by atoms with van der Waals surface area (Å²) in [6.07, 6.45) is 3.40. The lowest BCUT2D eigenvalue weighted by Gasteiger charge is -2.07. The molecule has 2 rings (SSSR count). The Labute approximate surface area is 101 Å². The maximum Gasteiger partial charge on any atom is 0.159 e. The molecule has 0 unspecified atom stereocenters. The van der Waals surface area contributed by atoms with E-state index in [0.717, 1.165) is 35.9 Å². The van der Waals surface area contributed by atoms with E-state index in [-0.39, 0.29) is 0 Å². The van der Waals surface area contributed by atoms with Crippen molar-refractivity contribution in [1.29, 1.82) is 0 Å². The van der Waals surface area contributed by atoms with Gasteiger partial charge in [-0.05, 0) is 6.07 Å². The topological polar surface area (TPSA) is 69.6 Å². The van der Waals surface area contributed by atoms with Gasteiger partial charge in [-0.1, -0.05) is 19.9 Å². The van der Waals surface area contributed by atoms with E-state index in [1.165, 1.54) is 0 Å². The first-order chi connectivity index (χ1) is 8.30. The van der Waals surface area contributed by atoms with Crippen molar-refractivity contribution < 1.29 is 0 Å². The second kappa shape index (κ2) is 5.05. The van der Waals surface area contributed by atoms with Crippen LogP contribution in [0.4, 0.5) is 0 Å². The number of pyridine rings is 1. The molecule has 2 heterocycles. The Kier molecular flexibility index (Phi) is 3.49. The van der Waals surface area contributed by atoms with Crippen LogP contribution in [-0.4, -0.2) is 19.7 Å². The van der Waals surface area contributed by atoms with Gasteiger partial charge in [0.2, 0.25) is 0 Å². The molecule has 0 fully saturated rings. The van der Waals surface area contributed by atoms with Gasteiger partial charge in [-0.3, -0.25) is 0 Å². The van der Waals surface area contributed by atoms with E-state index < -0.39 is 0 Å². The smallest absolute Gasteiger partial charge is 0.159 e. The number of hydrogen-bond donors (Lipinski definition) is 1. The fraction of sp³-hybridized carbons (Fsp3) is 0.417. The van der Waals surface area contributed by atoms with Crippen molar-refractivity contribution in [2.45, 2.75) is 33.2 Å². The fourth-order valence-electron chi connectivity index (χ4n) is 1.72. The van der Waals surface area contributed by atoms with Gasteiger partial charge in [0.1, 0.15) is 5.82 Å². The monoisotopic (exact) mass is 231 g/mol. The third kappa shape index (κ3) is 2.19. The van der Waals surface area contributed by atoms with Gasteiger partial charge in [-0.15, -0.1) is 5.10 Å². The van der Waals surface area contributed by atoms with Gasteiger partial charge in [0.05, 0.1) is 0 Å². The predicted molar refractivity (Wildman–Crippen MR) is 65.8 cm³/mol. The second-order valence-corrected chi connectivity index (χ2v) is 3.75. The van der Waals surface area contributed by atoms with Crippen LogP contribution in [0.1, 0.15) is 31.1 Å². The molecule has 0 bridgehead atoms. The molecule has 0 saturated carbocycles. The summed E-state index contributed by atoms with van der Waals surface area (Å²) in [5, 5.41) is 4.47. The minimum absolute atomic E-state index is 0.452. The molecule has 0 radical (unpaired) electrons. The Bertz CT molecular complexity index is 503. The van der Waals surface area contributed by atoms with Crippen LogP contribution in [-0.2, 0) is 19.4 Å². The van der Waals surface area contributed by atoms with Crippen molar-refractivity contribution in [3.8, 4) is 5.82 Å². The van der Waals surface area contributed by atoms with Gasteiger partial charge in [0.15, 0.2) is 11.6 Å². The first-order valence-electron chi connectivity index (χ1n) is 5.89. The third-order valence-electron chi connectivity index (χ3n) is 2.64. The van der Waals surface area contributed by atoms with Crippen LogP contribution in [0.2, 0.25) is 0 Å². The van der Waals surface area contributed by atoms with Crippen molar-refractivity contribution in [3.63, 3.8) is 0 Å². The SMILES string of the molecule is CCc1nc(CC)n(-c2ncccc2CN)n1. The Balaban J connectivity index is 2.54. The van der Waals surface area contributed by atoms with E-state index >= 15 is 0 Å². The molecule has 0 spiro atoms. The Morgan fingerprint density at radius 1 is 1.29 bits per heavy atom. The van der Waals surface area contributed by atoms with Gasteiger partial charge >= 0.3 is 0 Å². The number of nitrogens with zero attached hydrogens (tertiary/aromatic N) is 4. The van der Waals surface area contributed by atoms with Gasteiger partial charge in [-0.25, -0.2) is 9.97 Å². The molecule has 5 heteroatoms. The lowest BCUT2D eigenvalue weighted by atomic mass is 10.2. The normalized spacial score (nSPS) is 10.8. The summed E-state index contributed by atoms with van der Waals surface area (Å²) < 4.78 is 1.81. The molecule has 2 N–H and O–H groups in total. The fourth-order valence-corrected chi connectivity index (χ4v) is 1.72. The minimum atomic E-state index is 0.452. The molecule has 0 atom stereocenters. The number of rotatable bonds is 4. The van der Waals surface area contributed by atoms with Gasteiger partial charge < -0.3 is 5.73 Å². The highest BCUT2D eigenvalue weighted by Crippen LogP contribution is 2.13. The van der Waals surface area contributed by atoms with Gasteiger partial charge in [-0.2, -0.15) is 4.68 Å². The minimum Gasteiger partial charge on any atom is -0.326 e. The molecule has 2 aromatic rings. The zero-order valence-electron chi connectivity index (χ0n) is 10.2. The van der Waals surface area contributed by atoms with Crippen molar-refractivity contribution in [3.05, 3.63) is 35.5 Å². The van der Waals surface area contributed by atoms with Crippen LogP contribution in [0.5, 0.6) is 0 Å². The molecule has 0 aliphatic carbocycles. The molecule has 17 heavy (non-hydrogen) atoms. The summed E-state index contributed by atoms with van der Waals surface area (Å²) in [7, 11) is 0. The Morgan fingerprint density at radius 3 is 2.76 bits per heavy atom.